The fourth-order valence-electron chi connectivity index (χ4n) is 1.16. The van der Waals surface area contributed by atoms with Crippen molar-refractivity contribution in [2.75, 3.05) is 0 Å². The number of carbonyl (C=O) groups excluding carboxylic acids is 2. The molecule has 0 aromatic rings. The predicted molar refractivity (Wildman–Crippen MR) is 53.3 cm³/mol. The number of allylic oxidation sites excluding steroid dienone is 1. The summed E-state index contributed by atoms with van der Waals surface area (Å²) in [4.78, 5) is 20.7. The summed E-state index contributed by atoms with van der Waals surface area (Å²) in [6.45, 7) is 1.90. The molecule has 0 aliphatic rings. The number of carbonyl (C=O) groups is 1. The van der Waals surface area contributed by atoms with E-state index >= 15 is 0 Å². The number of hydrogen-bond acceptors (Lipinski definition) is 2. The lowest BCUT2D eigenvalue weighted by molar-refractivity contribution is -0.118. The van der Waals surface area contributed by atoms with Gasteiger partial charge in [-0.3, -0.25) is 4.79 Å². The van der Waals surface area contributed by atoms with E-state index in [1.807, 2.05) is 6.92 Å². The zero-order chi connectivity index (χ0) is 9.94. The maximum atomic E-state index is 10.9. The lowest BCUT2D eigenvalue weighted by Gasteiger charge is -1.97. The van der Waals surface area contributed by atoms with E-state index in [0.717, 1.165) is 38.5 Å². The van der Waals surface area contributed by atoms with Gasteiger partial charge in [0, 0.05) is 12.8 Å². The molecule has 0 fully saturated rings. The lowest BCUT2D eigenvalue weighted by Crippen LogP contribution is -1.93. The molecule has 0 heterocycles. The average molecular weight is 182 g/mol. The molecule has 2 nitrogen and oxygen atoms in total. The first-order valence-corrected chi connectivity index (χ1v) is 5.02. The van der Waals surface area contributed by atoms with Crippen LogP contribution in [0.1, 0.15) is 51.9 Å². The third kappa shape index (κ3) is 9.03. The Hall–Kier alpha value is -0.880. The van der Waals surface area contributed by atoms with E-state index in [4.69, 9.17) is 0 Å². The molecule has 0 rings (SSSR count). The number of ketones is 1. The molecule has 2 heteroatoms. The Labute approximate surface area is 80.0 Å². The van der Waals surface area contributed by atoms with Gasteiger partial charge in [0.25, 0.3) is 0 Å². The van der Waals surface area contributed by atoms with Gasteiger partial charge in [-0.2, -0.15) is 0 Å². The van der Waals surface area contributed by atoms with Crippen LogP contribution in [0, 0.1) is 0 Å². The van der Waals surface area contributed by atoms with E-state index in [0.29, 0.717) is 12.2 Å². The zero-order valence-corrected chi connectivity index (χ0v) is 8.34. The van der Waals surface area contributed by atoms with Crippen LogP contribution in [-0.2, 0) is 9.59 Å². The minimum Gasteiger partial charge on any atom is -0.300 e. The molecule has 0 radical (unpaired) electrons. The highest BCUT2D eigenvalue weighted by atomic mass is 16.1. The third-order valence-electron chi connectivity index (χ3n) is 2.03. The number of rotatable bonds is 8. The Bertz CT molecular complexity index is 179. The van der Waals surface area contributed by atoms with Crippen molar-refractivity contribution < 1.29 is 9.59 Å². The van der Waals surface area contributed by atoms with Crippen LogP contribution in [0.25, 0.3) is 0 Å². The topological polar surface area (TPSA) is 34.1 Å². The molecule has 0 N–H and O–H groups in total. The van der Waals surface area contributed by atoms with Crippen LogP contribution in [-0.4, -0.2) is 11.7 Å². The molecule has 0 unspecified atom stereocenters. The van der Waals surface area contributed by atoms with Crippen molar-refractivity contribution in [3.05, 3.63) is 6.08 Å². The zero-order valence-electron chi connectivity index (χ0n) is 8.34. The Morgan fingerprint density at radius 3 is 2.54 bits per heavy atom. The van der Waals surface area contributed by atoms with Crippen LogP contribution in [0.5, 0.6) is 0 Å². The molecule has 0 spiro atoms. The standard InChI is InChI=1S/C11H18O2/c1-2-11(13)9-7-5-3-4-6-8-10-12/h8H,2-7,9H2,1H3. The Morgan fingerprint density at radius 1 is 1.23 bits per heavy atom. The van der Waals surface area contributed by atoms with Crippen LogP contribution in [0.3, 0.4) is 0 Å². The highest BCUT2D eigenvalue weighted by molar-refractivity contribution is 5.77. The largest absolute Gasteiger partial charge is 0.300 e. The quantitative estimate of drug-likeness (QED) is 0.427. The van der Waals surface area contributed by atoms with E-state index in [9.17, 15) is 9.59 Å². The smallest absolute Gasteiger partial charge is 0.132 e. The Kier molecular flexibility index (Phi) is 8.59. The first kappa shape index (κ1) is 12.1. The van der Waals surface area contributed by atoms with Crippen molar-refractivity contribution >= 4 is 11.7 Å². The summed E-state index contributed by atoms with van der Waals surface area (Å²) >= 11 is 0. The molecule has 0 aromatic heterocycles. The van der Waals surface area contributed by atoms with E-state index in [1.54, 1.807) is 5.94 Å². The van der Waals surface area contributed by atoms with Gasteiger partial charge in [-0.05, 0) is 25.3 Å². The fourth-order valence-corrected chi connectivity index (χ4v) is 1.16. The second-order valence-corrected chi connectivity index (χ2v) is 3.17. The van der Waals surface area contributed by atoms with Crippen LogP contribution in [0.4, 0.5) is 0 Å². The highest BCUT2D eigenvalue weighted by Crippen LogP contribution is 2.06. The van der Waals surface area contributed by atoms with Crippen LogP contribution in [0.2, 0.25) is 0 Å². The molecule has 0 aliphatic carbocycles. The number of hydrogen-bond donors (Lipinski definition) is 0. The second kappa shape index (κ2) is 9.21. The molecule has 0 aromatic carbocycles. The van der Waals surface area contributed by atoms with Crippen LogP contribution in [0.15, 0.2) is 6.08 Å². The van der Waals surface area contributed by atoms with Crippen LogP contribution < -0.4 is 0 Å². The Morgan fingerprint density at radius 2 is 1.92 bits per heavy atom. The molecule has 74 valence electrons. The van der Waals surface area contributed by atoms with Gasteiger partial charge in [-0.25, -0.2) is 4.79 Å². The maximum Gasteiger partial charge on any atom is 0.132 e. The summed E-state index contributed by atoms with van der Waals surface area (Å²) in [6.07, 6.45) is 7.97. The molecule has 0 atom stereocenters. The van der Waals surface area contributed by atoms with Crippen molar-refractivity contribution in [2.24, 2.45) is 0 Å². The second-order valence-electron chi connectivity index (χ2n) is 3.17. The van der Waals surface area contributed by atoms with E-state index in [2.05, 4.69) is 0 Å². The molecule has 0 amide bonds. The SMILES string of the molecule is CCC(=O)CCCCCCC=C=O. The normalized spacial score (nSPS) is 9.31. The average Bonchev–Trinajstić information content (AvgIpc) is 2.16. The van der Waals surface area contributed by atoms with Crippen molar-refractivity contribution in [2.45, 2.75) is 51.9 Å². The Balaban J connectivity index is 3.08. The summed E-state index contributed by atoms with van der Waals surface area (Å²) in [5, 5.41) is 0. The van der Waals surface area contributed by atoms with Gasteiger partial charge in [0.15, 0.2) is 0 Å². The van der Waals surface area contributed by atoms with Crippen molar-refractivity contribution in [3.63, 3.8) is 0 Å². The first-order valence-electron chi connectivity index (χ1n) is 5.02. The molecule has 13 heavy (non-hydrogen) atoms. The van der Waals surface area contributed by atoms with Gasteiger partial charge in [-0.15, -0.1) is 0 Å². The predicted octanol–water partition coefficient (Wildman–Crippen LogP) is 2.69. The van der Waals surface area contributed by atoms with Gasteiger partial charge in [-0.1, -0.05) is 19.8 Å². The maximum absolute atomic E-state index is 10.9. The van der Waals surface area contributed by atoms with Crippen LogP contribution >= 0.6 is 0 Å². The van der Waals surface area contributed by atoms with Gasteiger partial charge in [0.05, 0.1) is 0 Å². The minimum absolute atomic E-state index is 0.354. The summed E-state index contributed by atoms with van der Waals surface area (Å²) in [5.41, 5.74) is 0. The molecular weight excluding hydrogens is 164 g/mol. The highest BCUT2D eigenvalue weighted by Gasteiger charge is 1.96. The van der Waals surface area contributed by atoms with Crippen molar-refractivity contribution in [3.8, 4) is 0 Å². The summed E-state index contributed by atoms with van der Waals surface area (Å²) in [6, 6.07) is 0. The monoisotopic (exact) mass is 182 g/mol. The molecule has 0 saturated carbocycles. The number of unbranched alkanes of at least 4 members (excludes halogenated alkanes) is 4. The van der Waals surface area contributed by atoms with E-state index in [-0.39, 0.29) is 0 Å². The molecular formula is C11H18O2. The minimum atomic E-state index is 0.354. The first-order chi connectivity index (χ1) is 6.31. The van der Waals surface area contributed by atoms with Gasteiger partial charge in [0.2, 0.25) is 0 Å². The van der Waals surface area contributed by atoms with E-state index in [1.165, 1.54) is 6.08 Å². The van der Waals surface area contributed by atoms with Gasteiger partial charge < -0.3 is 0 Å². The molecule has 0 saturated heterocycles. The summed E-state index contributed by atoms with van der Waals surface area (Å²) < 4.78 is 0. The van der Waals surface area contributed by atoms with Gasteiger partial charge >= 0.3 is 0 Å². The van der Waals surface area contributed by atoms with E-state index < -0.39 is 0 Å². The van der Waals surface area contributed by atoms with Gasteiger partial charge in [0.1, 0.15) is 11.7 Å². The summed E-state index contributed by atoms with van der Waals surface area (Å²) in [7, 11) is 0. The number of Topliss-reactive ketones (excluding diaryl/α,β-unsaturated/α-hetero) is 1. The third-order valence-corrected chi connectivity index (χ3v) is 2.03. The van der Waals surface area contributed by atoms with Crippen molar-refractivity contribution in [1.82, 2.24) is 0 Å². The lowest BCUT2D eigenvalue weighted by atomic mass is 10.1. The van der Waals surface area contributed by atoms with Crippen molar-refractivity contribution in [1.29, 1.82) is 0 Å². The fraction of sp³-hybridized carbons (Fsp3) is 0.727. The summed E-state index contributed by atoms with van der Waals surface area (Å²) in [5.74, 6) is 2.11. The molecule has 0 bridgehead atoms. The molecule has 0 aliphatic heterocycles.